The number of aryl methyl sites for hydroxylation is 1. The number of piperidine rings is 1. The molecule has 0 bridgehead atoms. The Morgan fingerprint density at radius 3 is 2.88 bits per heavy atom. The number of carbonyl (C=O) groups is 1. The number of likely N-dealkylation sites (tertiary alicyclic amines) is 1. The molecule has 2 heterocycles. The van der Waals surface area contributed by atoms with Crippen molar-refractivity contribution in [1.82, 2.24) is 15.2 Å². The zero-order valence-corrected chi connectivity index (χ0v) is 11.2. The predicted octanol–water partition coefficient (Wildman–Crippen LogP) is 2.39. The van der Waals surface area contributed by atoms with E-state index in [1.807, 2.05) is 17.2 Å². The van der Waals surface area contributed by atoms with Gasteiger partial charge in [-0.1, -0.05) is 6.92 Å². The molecule has 0 spiro atoms. The van der Waals surface area contributed by atoms with Gasteiger partial charge in [0.05, 0.1) is 17.2 Å². The van der Waals surface area contributed by atoms with E-state index in [2.05, 4.69) is 17.2 Å². The second-order valence-corrected chi connectivity index (χ2v) is 5.75. The molecule has 1 saturated heterocycles. The fourth-order valence-electron chi connectivity index (χ4n) is 1.98. The number of nitrogens with zero attached hydrogens (tertiary/aromatic N) is 2. The topological polar surface area (TPSA) is 45.2 Å². The smallest absolute Gasteiger partial charge is 0.317 e. The third-order valence-corrected chi connectivity index (χ3v) is 3.98. The summed E-state index contributed by atoms with van der Waals surface area (Å²) in [4.78, 5) is 18.1. The number of nitrogens with one attached hydrogen (secondary N) is 1. The summed E-state index contributed by atoms with van der Waals surface area (Å²) in [6.45, 7) is 6.51. The minimum atomic E-state index is 0.0440. The van der Waals surface area contributed by atoms with Gasteiger partial charge in [-0.2, -0.15) is 0 Å². The van der Waals surface area contributed by atoms with E-state index in [4.69, 9.17) is 0 Å². The van der Waals surface area contributed by atoms with Crippen LogP contribution in [0.3, 0.4) is 0 Å². The molecule has 0 aliphatic carbocycles. The molecule has 1 aromatic rings. The first-order valence-electron chi connectivity index (χ1n) is 6.09. The van der Waals surface area contributed by atoms with Gasteiger partial charge >= 0.3 is 6.03 Å². The lowest BCUT2D eigenvalue weighted by Crippen LogP contribution is -2.43. The van der Waals surface area contributed by atoms with E-state index in [0.717, 1.165) is 42.6 Å². The number of urea groups is 1. The van der Waals surface area contributed by atoms with Crippen molar-refractivity contribution in [1.29, 1.82) is 0 Å². The number of hydrogen-bond acceptors (Lipinski definition) is 3. The lowest BCUT2D eigenvalue weighted by atomic mass is 10.00. The van der Waals surface area contributed by atoms with E-state index in [1.165, 1.54) is 0 Å². The van der Waals surface area contributed by atoms with E-state index >= 15 is 0 Å². The molecule has 0 radical (unpaired) electrons. The van der Waals surface area contributed by atoms with Crippen LogP contribution in [0, 0.1) is 12.8 Å². The van der Waals surface area contributed by atoms with Crippen LogP contribution >= 0.6 is 11.3 Å². The minimum Gasteiger partial charge on any atom is -0.332 e. The molecule has 1 fully saturated rings. The van der Waals surface area contributed by atoms with E-state index in [9.17, 15) is 4.79 Å². The number of aromatic nitrogens is 1. The molecule has 1 aliphatic rings. The molecular weight excluding hydrogens is 234 g/mol. The van der Waals surface area contributed by atoms with Crippen molar-refractivity contribution in [3.63, 3.8) is 0 Å². The SMILES string of the molecule is Cc1nc(CNC(=O)N2CCC(C)CC2)cs1. The summed E-state index contributed by atoms with van der Waals surface area (Å²) in [7, 11) is 0. The van der Waals surface area contributed by atoms with E-state index in [0.29, 0.717) is 6.54 Å². The normalized spacial score (nSPS) is 17.2. The van der Waals surface area contributed by atoms with Crippen LogP contribution in [0.25, 0.3) is 0 Å². The summed E-state index contributed by atoms with van der Waals surface area (Å²) in [6, 6.07) is 0.0440. The Morgan fingerprint density at radius 1 is 1.59 bits per heavy atom. The molecule has 2 amide bonds. The number of rotatable bonds is 2. The van der Waals surface area contributed by atoms with Gasteiger partial charge in [-0.3, -0.25) is 0 Å². The molecule has 0 unspecified atom stereocenters. The van der Waals surface area contributed by atoms with E-state index < -0.39 is 0 Å². The van der Waals surface area contributed by atoms with Crippen LogP contribution < -0.4 is 5.32 Å². The molecule has 17 heavy (non-hydrogen) atoms. The second-order valence-electron chi connectivity index (χ2n) is 4.69. The highest BCUT2D eigenvalue weighted by atomic mass is 32.1. The summed E-state index contributed by atoms with van der Waals surface area (Å²) in [5.41, 5.74) is 0.950. The Morgan fingerprint density at radius 2 is 2.29 bits per heavy atom. The van der Waals surface area contributed by atoms with Gasteiger partial charge in [-0.25, -0.2) is 9.78 Å². The van der Waals surface area contributed by atoms with Gasteiger partial charge in [0.15, 0.2) is 0 Å². The van der Waals surface area contributed by atoms with Crippen LogP contribution in [0.1, 0.15) is 30.5 Å². The Labute approximate surface area is 106 Å². The van der Waals surface area contributed by atoms with Crippen molar-refractivity contribution in [2.24, 2.45) is 5.92 Å². The molecular formula is C12H19N3OS. The highest BCUT2D eigenvalue weighted by Gasteiger charge is 2.19. The quantitative estimate of drug-likeness (QED) is 0.879. The summed E-state index contributed by atoms with van der Waals surface area (Å²) in [5, 5.41) is 5.96. The first kappa shape index (κ1) is 12.4. The number of amides is 2. The molecule has 5 heteroatoms. The van der Waals surface area contributed by atoms with Gasteiger partial charge < -0.3 is 10.2 Å². The van der Waals surface area contributed by atoms with Gasteiger partial charge in [0.25, 0.3) is 0 Å². The average Bonchev–Trinajstić information content (AvgIpc) is 2.73. The lowest BCUT2D eigenvalue weighted by Gasteiger charge is -2.30. The summed E-state index contributed by atoms with van der Waals surface area (Å²) >= 11 is 1.62. The molecule has 2 rings (SSSR count). The van der Waals surface area contributed by atoms with Crippen molar-refractivity contribution in [3.8, 4) is 0 Å². The molecule has 4 nitrogen and oxygen atoms in total. The van der Waals surface area contributed by atoms with Crippen molar-refractivity contribution in [3.05, 3.63) is 16.1 Å². The van der Waals surface area contributed by atoms with Crippen molar-refractivity contribution < 1.29 is 4.79 Å². The van der Waals surface area contributed by atoms with Gasteiger partial charge in [0.2, 0.25) is 0 Å². The minimum absolute atomic E-state index is 0.0440. The molecule has 0 atom stereocenters. The van der Waals surface area contributed by atoms with Crippen LogP contribution in [0.4, 0.5) is 4.79 Å². The van der Waals surface area contributed by atoms with Crippen LogP contribution in [-0.4, -0.2) is 29.0 Å². The molecule has 94 valence electrons. The van der Waals surface area contributed by atoms with Gasteiger partial charge in [0, 0.05) is 18.5 Å². The number of thiazole rings is 1. The molecule has 1 N–H and O–H groups in total. The van der Waals surface area contributed by atoms with Crippen LogP contribution in [0.15, 0.2) is 5.38 Å². The predicted molar refractivity (Wildman–Crippen MR) is 69.1 cm³/mol. The Bertz CT molecular complexity index is 383. The fourth-order valence-corrected chi connectivity index (χ4v) is 2.59. The summed E-state index contributed by atoms with van der Waals surface area (Å²) in [6.07, 6.45) is 2.23. The maximum atomic E-state index is 11.9. The first-order chi connectivity index (χ1) is 8.15. The van der Waals surface area contributed by atoms with Crippen LogP contribution in [0.5, 0.6) is 0 Å². The molecule has 0 saturated carbocycles. The Hall–Kier alpha value is -1.10. The van der Waals surface area contributed by atoms with E-state index in [-0.39, 0.29) is 6.03 Å². The average molecular weight is 253 g/mol. The maximum absolute atomic E-state index is 11.9. The van der Waals surface area contributed by atoms with Gasteiger partial charge in [-0.05, 0) is 25.7 Å². The lowest BCUT2D eigenvalue weighted by molar-refractivity contribution is 0.173. The van der Waals surface area contributed by atoms with Gasteiger partial charge in [-0.15, -0.1) is 11.3 Å². The standard InChI is InChI=1S/C12H19N3OS/c1-9-3-5-15(6-4-9)12(16)13-7-11-8-17-10(2)14-11/h8-9H,3-7H2,1-2H3,(H,13,16). The second kappa shape index (κ2) is 5.49. The zero-order chi connectivity index (χ0) is 12.3. The monoisotopic (exact) mass is 253 g/mol. The zero-order valence-electron chi connectivity index (χ0n) is 10.4. The largest absolute Gasteiger partial charge is 0.332 e. The highest BCUT2D eigenvalue weighted by Crippen LogP contribution is 2.16. The first-order valence-corrected chi connectivity index (χ1v) is 6.97. The Kier molecular flexibility index (Phi) is 3.99. The van der Waals surface area contributed by atoms with Crippen LogP contribution in [0.2, 0.25) is 0 Å². The van der Waals surface area contributed by atoms with E-state index in [1.54, 1.807) is 11.3 Å². The number of carbonyl (C=O) groups excluding carboxylic acids is 1. The van der Waals surface area contributed by atoms with Gasteiger partial charge in [0.1, 0.15) is 0 Å². The van der Waals surface area contributed by atoms with Crippen molar-refractivity contribution in [2.45, 2.75) is 33.2 Å². The Balaban J connectivity index is 1.77. The van der Waals surface area contributed by atoms with Crippen molar-refractivity contribution >= 4 is 17.4 Å². The molecule has 1 aliphatic heterocycles. The number of hydrogen-bond donors (Lipinski definition) is 1. The molecule has 1 aromatic heterocycles. The highest BCUT2D eigenvalue weighted by molar-refractivity contribution is 7.09. The third kappa shape index (κ3) is 3.43. The van der Waals surface area contributed by atoms with Crippen molar-refractivity contribution in [2.75, 3.05) is 13.1 Å². The summed E-state index contributed by atoms with van der Waals surface area (Å²) in [5.74, 6) is 0.750. The third-order valence-electron chi connectivity index (χ3n) is 3.16. The maximum Gasteiger partial charge on any atom is 0.317 e. The molecule has 0 aromatic carbocycles. The van der Waals surface area contributed by atoms with Crippen LogP contribution in [-0.2, 0) is 6.54 Å². The fraction of sp³-hybridized carbons (Fsp3) is 0.667. The summed E-state index contributed by atoms with van der Waals surface area (Å²) < 4.78 is 0.